The zero-order valence-electron chi connectivity index (χ0n) is 9.01. The van der Waals surface area contributed by atoms with Crippen LogP contribution < -0.4 is 10.5 Å². The number of nitrogen functional groups attached to an aromatic ring is 1. The van der Waals surface area contributed by atoms with Gasteiger partial charge in [-0.05, 0) is 12.1 Å². The van der Waals surface area contributed by atoms with Gasteiger partial charge in [0.25, 0.3) is 6.10 Å². The van der Waals surface area contributed by atoms with E-state index in [0.29, 0.717) is 0 Å². The number of ether oxygens (including phenoxy) is 1. The molecule has 9 heteroatoms. The molecule has 104 valence electrons. The third-order valence-corrected chi connectivity index (χ3v) is 2.03. The summed E-state index contributed by atoms with van der Waals surface area (Å²) in [5.41, 5.74) is 4.39. The van der Waals surface area contributed by atoms with Crippen molar-refractivity contribution in [2.45, 2.75) is 18.5 Å². The Hall–Kier alpha value is -2.11. The van der Waals surface area contributed by atoms with Gasteiger partial charge in [0.05, 0.1) is 11.3 Å². The number of halogens is 6. The standard InChI is InChI=1S/C10H6F6N2O/c11-9(12,13)8(10(14,15)16)19-6-3-1-2-5(4-17)7(6)18/h1-3,8H,18H2. The molecule has 2 N–H and O–H groups in total. The number of para-hydroxylation sites is 1. The highest BCUT2D eigenvalue weighted by Crippen LogP contribution is 2.38. The van der Waals surface area contributed by atoms with Gasteiger partial charge in [0.2, 0.25) is 0 Å². The van der Waals surface area contributed by atoms with Crippen LogP contribution in [0.15, 0.2) is 18.2 Å². The van der Waals surface area contributed by atoms with Crippen molar-refractivity contribution in [3.63, 3.8) is 0 Å². The predicted octanol–water partition coefficient (Wildman–Crippen LogP) is 3.01. The highest BCUT2D eigenvalue weighted by Gasteiger charge is 2.59. The van der Waals surface area contributed by atoms with Gasteiger partial charge in [-0.2, -0.15) is 31.6 Å². The van der Waals surface area contributed by atoms with Gasteiger partial charge in [0.15, 0.2) is 0 Å². The fraction of sp³-hybridized carbons (Fsp3) is 0.300. The Kier molecular flexibility index (Phi) is 3.83. The molecular weight excluding hydrogens is 278 g/mol. The van der Waals surface area contributed by atoms with Gasteiger partial charge in [-0.15, -0.1) is 0 Å². The Balaban J connectivity index is 3.16. The number of alkyl halides is 6. The Bertz CT molecular complexity index is 488. The first-order chi connectivity index (χ1) is 8.57. The highest BCUT2D eigenvalue weighted by molar-refractivity contribution is 5.63. The van der Waals surface area contributed by atoms with Crippen molar-refractivity contribution < 1.29 is 31.1 Å². The van der Waals surface area contributed by atoms with E-state index >= 15 is 0 Å². The molecule has 0 atom stereocenters. The van der Waals surface area contributed by atoms with Crippen LogP contribution in [0.25, 0.3) is 0 Å². The van der Waals surface area contributed by atoms with Crippen LogP contribution in [0.5, 0.6) is 5.75 Å². The molecule has 0 saturated heterocycles. The lowest BCUT2D eigenvalue weighted by Gasteiger charge is -2.24. The zero-order chi connectivity index (χ0) is 14.8. The molecule has 0 aliphatic heterocycles. The van der Waals surface area contributed by atoms with E-state index in [1.165, 1.54) is 6.07 Å². The molecule has 0 aromatic heterocycles. The van der Waals surface area contributed by atoms with Crippen molar-refractivity contribution in [3.05, 3.63) is 23.8 Å². The number of nitriles is 1. The maximum Gasteiger partial charge on any atom is 0.434 e. The minimum atomic E-state index is -5.65. The summed E-state index contributed by atoms with van der Waals surface area (Å²) >= 11 is 0. The minimum absolute atomic E-state index is 0.277. The molecule has 0 fully saturated rings. The fourth-order valence-corrected chi connectivity index (χ4v) is 1.19. The second-order valence-electron chi connectivity index (χ2n) is 3.41. The smallest absolute Gasteiger partial charge is 0.434 e. The first kappa shape index (κ1) is 14.9. The molecule has 0 radical (unpaired) electrons. The van der Waals surface area contributed by atoms with Gasteiger partial charge < -0.3 is 10.5 Å². The van der Waals surface area contributed by atoms with E-state index in [0.717, 1.165) is 18.2 Å². The predicted molar refractivity (Wildman–Crippen MR) is 52.1 cm³/mol. The van der Waals surface area contributed by atoms with Crippen LogP contribution in [0.2, 0.25) is 0 Å². The normalized spacial score (nSPS) is 12.3. The molecule has 3 nitrogen and oxygen atoms in total. The largest absolute Gasteiger partial charge is 0.469 e. The number of hydrogen-bond acceptors (Lipinski definition) is 3. The van der Waals surface area contributed by atoms with E-state index in [9.17, 15) is 26.3 Å². The molecule has 1 aromatic rings. The second-order valence-corrected chi connectivity index (χ2v) is 3.41. The lowest BCUT2D eigenvalue weighted by atomic mass is 10.2. The lowest BCUT2D eigenvalue weighted by Crippen LogP contribution is -2.46. The van der Waals surface area contributed by atoms with Gasteiger partial charge in [0.1, 0.15) is 11.8 Å². The van der Waals surface area contributed by atoms with Crippen molar-refractivity contribution in [2.75, 3.05) is 5.73 Å². The Morgan fingerprint density at radius 1 is 1.11 bits per heavy atom. The van der Waals surface area contributed by atoms with E-state index in [1.54, 1.807) is 0 Å². The summed E-state index contributed by atoms with van der Waals surface area (Å²) in [4.78, 5) is 0. The van der Waals surface area contributed by atoms with Crippen LogP contribution in [-0.4, -0.2) is 18.5 Å². The van der Waals surface area contributed by atoms with Gasteiger partial charge in [-0.25, -0.2) is 0 Å². The Morgan fingerprint density at radius 2 is 1.63 bits per heavy atom. The van der Waals surface area contributed by atoms with Gasteiger partial charge in [-0.1, -0.05) is 6.07 Å². The second kappa shape index (κ2) is 4.87. The summed E-state index contributed by atoms with van der Waals surface area (Å²) in [7, 11) is 0. The van der Waals surface area contributed by atoms with Crippen molar-refractivity contribution in [1.82, 2.24) is 0 Å². The number of benzene rings is 1. The highest BCUT2D eigenvalue weighted by atomic mass is 19.4. The molecule has 0 spiro atoms. The van der Waals surface area contributed by atoms with E-state index in [4.69, 9.17) is 11.0 Å². The molecule has 0 heterocycles. The van der Waals surface area contributed by atoms with Gasteiger partial charge >= 0.3 is 12.4 Å². The average molecular weight is 284 g/mol. The topological polar surface area (TPSA) is 59.0 Å². The maximum absolute atomic E-state index is 12.3. The molecule has 0 unspecified atom stereocenters. The first-order valence-corrected chi connectivity index (χ1v) is 4.66. The monoisotopic (exact) mass is 284 g/mol. The van der Waals surface area contributed by atoms with Gasteiger partial charge in [-0.3, -0.25) is 0 Å². The van der Waals surface area contributed by atoms with E-state index in [-0.39, 0.29) is 5.56 Å². The maximum atomic E-state index is 12.3. The van der Waals surface area contributed by atoms with Crippen LogP contribution in [0.1, 0.15) is 5.56 Å². The van der Waals surface area contributed by atoms with Crippen LogP contribution in [0.3, 0.4) is 0 Å². The number of rotatable bonds is 2. The summed E-state index contributed by atoms with van der Waals surface area (Å²) in [5, 5.41) is 8.57. The quantitative estimate of drug-likeness (QED) is 0.670. The minimum Gasteiger partial charge on any atom is -0.469 e. The summed E-state index contributed by atoms with van der Waals surface area (Å²) < 4.78 is 77.5. The van der Waals surface area contributed by atoms with Crippen LogP contribution in [-0.2, 0) is 0 Å². The summed E-state index contributed by atoms with van der Waals surface area (Å²) in [6, 6.07) is 4.54. The summed E-state index contributed by atoms with van der Waals surface area (Å²) in [5.74, 6) is -0.848. The van der Waals surface area contributed by atoms with Crippen molar-refractivity contribution in [3.8, 4) is 11.8 Å². The number of hydrogen-bond donors (Lipinski definition) is 1. The molecule has 0 bridgehead atoms. The fourth-order valence-electron chi connectivity index (χ4n) is 1.19. The van der Waals surface area contributed by atoms with Crippen molar-refractivity contribution in [1.29, 1.82) is 5.26 Å². The van der Waals surface area contributed by atoms with E-state index in [2.05, 4.69) is 4.74 Å². The lowest BCUT2D eigenvalue weighted by molar-refractivity contribution is -0.299. The summed E-state index contributed by atoms with van der Waals surface area (Å²) in [6.07, 6.45) is -15.3. The first-order valence-electron chi connectivity index (χ1n) is 4.66. The van der Waals surface area contributed by atoms with Crippen molar-refractivity contribution in [2.24, 2.45) is 0 Å². The van der Waals surface area contributed by atoms with Crippen LogP contribution >= 0.6 is 0 Å². The Morgan fingerprint density at radius 3 is 2.05 bits per heavy atom. The van der Waals surface area contributed by atoms with E-state index < -0.39 is 29.9 Å². The third-order valence-electron chi connectivity index (χ3n) is 2.03. The zero-order valence-corrected chi connectivity index (χ0v) is 9.01. The molecule has 1 aromatic carbocycles. The van der Waals surface area contributed by atoms with Crippen LogP contribution in [0, 0.1) is 11.3 Å². The molecule has 0 aliphatic rings. The average Bonchev–Trinajstić information content (AvgIpc) is 2.24. The molecule has 1 rings (SSSR count). The summed E-state index contributed by atoms with van der Waals surface area (Å²) in [6.45, 7) is 0. The molecule has 0 aliphatic carbocycles. The number of nitrogens with zero attached hydrogens (tertiary/aromatic N) is 1. The van der Waals surface area contributed by atoms with E-state index in [1.807, 2.05) is 0 Å². The number of anilines is 1. The number of nitrogens with two attached hydrogens (primary N) is 1. The SMILES string of the molecule is N#Cc1cccc(OC(C(F)(F)F)C(F)(F)F)c1N. The molecule has 0 amide bonds. The van der Waals surface area contributed by atoms with Crippen LogP contribution in [0.4, 0.5) is 32.0 Å². The third kappa shape index (κ3) is 3.43. The van der Waals surface area contributed by atoms with Crippen molar-refractivity contribution >= 4 is 5.69 Å². The molecule has 0 saturated carbocycles. The van der Waals surface area contributed by atoms with Gasteiger partial charge in [0, 0.05) is 0 Å². The molecule has 19 heavy (non-hydrogen) atoms. The Labute approximate surface area is 103 Å². The molecular formula is C10H6F6N2O.